The van der Waals surface area contributed by atoms with Crippen molar-refractivity contribution < 1.29 is 33.6 Å². The molecule has 2 aliphatic rings. The summed E-state index contributed by atoms with van der Waals surface area (Å²) >= 11 is 6.37. The Balaban J connectivity index is 1.23. The largest absolute Gasteiger partial charge is 0.495 e. The van der Waals surface area contributed by atoms with Gasteiger partial charge in [-0.1, -0.05) is 37.3 Å². The summed E-state index contributed by atoms with van der Waals surface area (Å²) in [6.07, 6.45) is 8.56. The maximum absolute atomic E-state index is 12.8. The normalized spacial score (nSPS) is 16.1. The van der Waals surface area contributed by atoms with Crippen LogP contribution in [0.1, 0.15) is 69.5 Å². The van der Waals surface area contributed by atoms with E-state index in [9.17, 15) is 4.79 Å². The van der Waals surface area contributed by atoms with Crippen molar-refractivity contribution in [1.29, 1.82) is 0 Å². The van der Waals surface area contributed by atoms with Crippen LogP contribution in [0.2, 0.25) is 5.02 Å². The van der Waals surface area contributed by atoms with E-state index in [2.05, 4.69) is 5.32 Å². The average Bonchev–Trinajstić information content (AvgIpc) is 3.40. The second-order valence-electron chi connectivity index (χ2n) is 11.9. The van der Waals surface area contributed by atoms with Crippen LogP contribution in [0.4, 0.5) is 17.6 Å². The summed E-state index contributed by atoms with van der Waals surface area (Å²) in [5.74, 6) is 9.19. The summed E-state index contributed by atoms with van der Waals surface area (Å²) in [7, 11) is 1.58. The lowest BCUT2D eigenvalue weighted by Crippen LogP contribution is -2.50. The molecule has 15 heteroatoms. The number of rotatable bonds is 20. The van der Waals surface area contributed by atoms with E-state index in [4.69, 9.17) is 61.2 Å². The zero-order chi connectivity index (χ0) is 34.0. The number of amides is 1. The number of nitrogens with two attached hydrogens (primary N) is 1. The molecule has 0 unspecified atom stereocenters. The molecule has 14 nitrogen and oxygen atoms in total. The minimum atomic E-state index is -0.0211. The summed E-state index contributed by atoms with van der Waals surface area (Å²) < 4.78 is 26.9. The molecule has 48 heavy (non-hydrogen) atoms. The molecule has 0 radical (unpaired) electrons. The van der Waals surface area contributed by atoms with Crippen molar-refractivity contribution in [1.82, 2.24) is 19.9 Å². The third-order valence-electron chi connectivity index (χ3n) is 8.52. The third-order valence-corrected chi connectivity index (χ3v) is 8.82. The third kappa shape index (κ3) is 12.6. The Bertz CT molecular complexity index is 1230. The molecule has 0 bridgehead atoms. The highest BCUT2D eigenvalue weighted by Crippen LogP contribution is 2.32. The number of halogens is 1. The maximum Gasteiger partial charge on any atom is 0.245 e. The number of likely N-dealkylation sites (tertiary alicyclic amines) is 1. The van der Waals surface area contributed by atoms with Gasteiger partial charge in [0, 0.05) is 24.7 Å². The summed E-state index contributed by atoms with van der Waals surface area (Å²) in [5.41, 5.74) is 0.735. The van der Waals surface area contributed by atoms with Crippen LogP contribution in [0.25, 0.3) is 0 Å². The lowest BCUT2D eigenvalue weighted by molar-refractivity contribution is -0.133. The molecule has 1 aromatic heterocycles. The van der Waals surface area contributed by atoms with Crippen molar-refractivity contribution in [3.05, 3.63) is 29.0 Å². The van der Waals surface area contributed by atoms with Crippen molar-refractivity contribution >= 4 is 35.1 Å². The number of carbonyl (C=O) groups excluding carboxylic acids is 1. The first-order valence-electron chi connectivity index (χ1n) is 17.1. The van der Waals surface area contributed by atoms with Crippen LogP contribution in [0.3, 0.4) is 0 Å². The number of hydrogen-bond donors (Lipinski definition) is 3. The Labute approximate surface area is 288 Å². The van der Waals surface area contributed by atoms with E-state index in [1.54, 1.807) is 24.3 Å². The number of aromatic nitrogens is 3. The van der Waals surface area contributed by atoms with Crippen molar-refractivity contribution in [2.45, 2.75) is 69.7 Å². The summed E-state index contributed by atoms with van der Waals surface area (Å²) in [6.45, 7) is 4.53. The zero-order valence-corrected chi connectivity index (χ0v) is 28.9. The van der Waals surface area contributed by atoms with Gasteiger partial charge in [-0.3, -0.25) is 9.80 Å². The number of aliphatic hydroxyl groups is 1. The molecule has 0 atom stereocenters. The molecule has 1 saturated heterocycles. The van der Waals surface area contributed by atoms with Gasteiger partial charge in [-0.05, 0) is 43.9 Å². The summed E-state index contributed by atoms with van der Waals surface area (Å²) in [6, 6.07) is 5.42. The molecule has 1 aliphatic carbocycles. The molecule has 4 rings (SSSR count). The molecule has 1 saturated carbocycles. The second kappa shape index (κ2) is 21.3. The fourth-order valence-corrected chi connectivity index (χ4v) is 6.10. The molecule has 2 heterocycles. The molecule has 1 aliphatic heterocycles. The Kier molecular flexibility index (Phi) is 16.8. The van der Waals surface area contributed by atoms with E-state index in [0.717, 1.165) is 37.2 Å². The van der Waals surface area contributed by atoms with Crippen LogP contribution in [-0.4, -0.2) is 117 Å². The Hall–Kier alpha value is -2.85. The Morgan fingerprint density at radius 2 is 1.54 bits per heavy atom. The van der Waals surface area contributed by atoms with Crippen molar-refractivity contribution in [3.8, 4) is 5.75 Å². The minimum Gasteiger partial charge on any atom is -0.495 e. The van der Waals surface area contributed by atoms with E-state index >= 15 is 0 Å². The summed E-state index contributed by atoms with van der Waals surface area (Å²) in [4.78, 5) is 29.1. The number of nitrogens with one attached hydrogen (secondary N) is 1. The van der Waals surface area contributed by atoms with Crippen molar-refractivity contribution in [2.75, 3.05) is 90.0 Å². The molecular formula is C33H52ClN7O7. The number of aliphatic hydroxyl groups excluding tert-OH is 1. The van der Waals surface area contributed by atoms with Gasteiger partial charge in [-0.2, -0.15) is 15.0 Å². The molecule has 1 aromatic carbocycles. The van der Waals surface area contributed by atoms with Crippen LogP contribution < -0.4 is 20.9 Å². The fourth-order valence-electron chi connectivity index (χ4n) is 5.85. The molecule has 1 amide bonds. The second-order valence-corrected chi connectivity index (χ2v) is 12.3. The summed E-state index contributed by atoms with van der Waals surface area (Å²) in [5, 5.41) is 14.1. The first-order valence-corrected chi connectivity index (χ1v) is 17.5. The van der Waals surface area contributed by atoms with E-state index in [1.807, 2.05) is 11.0 Å². The number of piperidine rings is 1. The highest BCUT2D eigenvalue weighted by molar-refractivity contribution is 6.32. The quantitative estimate of drug-likeness (QED) is 0.0793. The van der Waals surface area contributed by atoms with Crippen LogP contribution in [0.5, 0.6) is 5.75 Å². The number of methoxy groups -OCH3 is 1. The van der Waals surface area contributed by atoms with Gasteiger partial charge in [0.1, 0.15) is 11.6 Å². The van der Waals surface area contributed by atoms with Gasteiger partial charge in [0.05, 0.1) is 84.1 Å². The predicted molar refractivity (Wildman–Crippen MR) is 183 cm³/mol. The number of hydrogen-bond acceptors (Lipinski definition) is 13. The van der Waals surface area contributed by atoms with Crippen LogP contribution in [0, 0.1) is 0 Å². The Morgan fingerprint density at radius 1 is 0.917 bits per heavy atom. The van der Waals surface area contributed by atoms with Gasteiger partial charge >= 0.3 is 0 Å². The van der Waals surface area contributed by atoms with Gasteiger partial charge in [-0.15, -0.1) is 0 Å². The molecule has 2 aromatic rings. The van der Waals surface area contributed by atoms with Gasteiger partial charge < -0.3 is 39.0 Å². The van der Waals surface area contributed by atoms with Gasteiger partial charge in [0.25, 0.3) is 0 Å². The number of hydrazine groups is 1. The number of benzene rings is 1. The monoisotopic (exact) mass is 693 g/mol. The molecule has 268 valence electrons. The lowest BCUT2D eigenvalue weighted by atomic mass is 9.99. The Morgan fingerprint density at radius 3 is 2.15 bits per heavy atom. The van der Waals surface area contributed by atoms with Crippen molar-refractivity contribution in [3.63, 3.8) is 0 Å². The van der Waals surface area contributed by atoms with Gasteiger partial charge in [0.2, 0.25) is 17.8 Å². The van der Waals surface area contributed by atoms with E-state index in [-0.39, 0.29) is 24.5 Å². The fraction of sp³-hybridized carbons (Fsp3) is 0.697. The molecule has 4 N–H and O–H groups in total. The zero-order valence-electron chi connectivity index (χ0n) is 28.1. The number of nitrogens with zero attached hydrogens (tertiary/aromatic N) is 5. The van der Waals surface area contributed by atoms with Gasteiger partial charge in [-0.25, -0.2) is 5.84 Å². The number of ether oxygens (including phenoxy) is 5. The predicted octanol–water partition coefficient (Wildman–Crippen LogP) is 3.83. The van der Waals surface area contributed by atoms with Gasteiger partial charge in [0.15, 0.2) is 0 Å². The van der Waals surface area contributed by atoms with E-state index in [1.165, 1.54) is 12.8 Å². The minimum absolute atomic E-state index is 0.00761. The van der Waals surface area contributed by atoms with Crippen LogP contribution in [0.15, 0.2) is 18.2 Å². The van der Waals surface area contributed by atoms with E-state index < -0.39 is 0 Å². The molecule has 0 spiro atoms. The standard InChI is InChI=1S/C33H52ClN7O7/c1-44-29-9-8-26(24-28(29)34)36-32-37-31(25-6-4-2-3-5-7-25)38-33(39-32)41(35)27-10-13-40(14-11-27)30(43)12-16-45-18-20-47-22-23-48-21-19-46-17-15-42/h8-9,24-25,27,42H,2-7,10-23,35H2,1H3,(H,36,37,38,39). The SMILES string of the molecule is COc1ccc(Nc2nc(C3CCCCCC3)nc(N(N)C3CCN(C(=O)CCOCCOCCOCCOCCO)CC3)n2)cc1Cl. The number of anilines is 3. The molecular weight excluding hydrogens is 642 g/mol. The maximum atomic E-state index is 12.8. The number of carbonyl (C=O) groups is 1. The lowest BCUT2D eigenvalue weighted by Gasteiger charge is -2.36. The van der Waals surface area contributed by atoms with Crippen molar-refractivity contribution in [2.24, 2.45) is 5.84 Å². The van der Waals surface area contributed by atoms with Crippen LogP contribution >= 0.6 is 11.6 Å². The highest BCUT2D eigenvalue weighted by Gasteiger charge is 2.28. The first kappa shape index (κ1) is 38.0. The highest BCUT2D eigenvalue weighted by atomic mass is 35.5. The average molecular weight is 694 g/mol. The first-order chi connectivity index (χ1) is 23.5. The van der Waals surface area contributed by atoms with Crippen LogP contribution in [-0.2, 0) is 23.7 Å². The topological polar surface area (TPSA) is 167 Å². The smallest absolute Gasteiger partial charge is 0.245 e. The van der Waals surface area contributed by atoms with E-state index in [0.29, 0.717) is 108 Å². The molecule has 2 fully saturated rings.